The van der Waals surface area contributed by atoms with Crippen molar-refractivity contribution in [3.05, 3.63) is 59.7 Å². The zero-order chi connectivity index (χ0) is 18.5. The number of amides is 1. The van der Waals surface area contributed by atoms with Crippen LogP contribution in [0.3, 0.4) is 0 Å². The minimum absolute atomic E-state index is 0.0690. The van der Waals surface area contributed by atoms with E-state index >= 15 is 0 Å². The maximum absolute atomic E-state index is 12.4. The van der Waals surface area contributed by atoms with Crippen molar-refractivity contribution in [3.63, 3.8) is 0 Å². The average Bonchev–Trinajstić information content (AvgIpc) is 2.62. The topological polar surface area (TPSA) is 42.8 Å². The fourth-order valence-corrected chi connectivity index (χ4v) is 3.57. The predicted octanol–water partition coefficient (Wildman–Crippen LogP) is 2.82. The number of benzene rings is 2. The Balaban J connectivity index is 1.58. The summed E-state index contributed by atoms with van der Waals surface area (Å²) in [4.78, 5) is 13.5. The Morgan fingerprint density at radius 3 is 2.69 bits per heavy atom. The van der Waals surface area contributed by atoms with Crippen molar-refractivity contribution in [3.8, 4) is 5.75 Å². The number of carbonyl (C=O) groups is 1. The fourth-order valence-electron chi connectivity index (χ4n) is 3.57. The van der Waals surface area contributed by atoms with Crippen LogP contribution in [-0.4, -0.2) is 26.1 Å². The third kappa shape index (κ3) is 4.58. The lowest BCUT2D eigenvalue weighted by Gasteiger charge is -2.30. The van der Waals surface area contributed by atoms with Crippen LogP contribution in [-0.2, 0) is 11.2 Å². The first kappa shape index (κ1) is 18.3. The van der Waals surface area contributed by atoms with E-state index in [0.29, 0.717) is 18.3 Å². The first-order valence-corrected chi connectivity index (χ1v) is 8.78. The summed E-state index contributed by atoms with van der Waals surface area (Å²) >= 11 is 0. The number of carbonyl (C=O) groups excluding carboxylic acids is 1. The second-order valence-corrected chi connectivity index (χ2v) is 6.62. The van der Waals surface area contributed by atoms with Crippen LogP contribution in [0.25, 0.3) is 0 Å². The van der Waals surface area contributed by atoms with Gasteiger partial charge >= 0.3 is 6.61 Å². The van der Waals surface area contributed by atoms with Gasteiger partial charge in [-0.1, -0.05) is 24.3 Å². The highest BCUT2D eigenvalue weighted by Gasteiger charge is 2.27. The van der Waals surface area contributed by atoms with Gasteiger partial charge in [-0.15, -0.1) is 0 Å². The van der Waals surface area contributed by atoms with Crippen molar-refractivity contribution in [1.29, 1.82) is 0 Å². The molecule has 0 spiro atoms. The molecule has 0 aromatic heterocycles. The van der Waals surface area contributed by atoms with Gasteiger partial charge in [-0.3, -0.25) is 4.79 Å². The Morgan fingerprint density at radius 2 is 1.96 bits per heavy atom. The third-order valence-electron chi connectivity index (χ3n) is 4.77. The molecule has 0 saturated heterocycles. The van der Waals surface area contributed by atoms with Crippen LogP contribution in [0, 0.1) is 0 Å². The molecule has 2 N–H and O–H groups in total. The molecule has 26 heavy (non-hydrogen) atoms. The molecule has 0 fully saturated rings. The SMILES string of the molecule is C[NH+](CC(=O)Nc1ccc(OC(F)F)cc1)[C@@H]1CCCc2ccccc21. The lowest BCUT2D eigenvalue weighted by molar-refractivity contribution is -0.905. The molecule has 2 aromatic carbocycles. The molecule has 6 heteroatoms. The molecule has 3 rings (SSSR count). The molecule has 0 radical (unpaired) electrons. The summed E-state index contributed by atoms with van der Waals surface area (Å²) in [5.41, 5.74) is 3.27. The molecule has 4 nitrogen and oxygen atoms in total. The van der Waals surface area contributed by atoms with Gasteiger partial charge in [0.1, 0.15) is 11.8 Å². The van der Waals surface area contributed by atoms with Crippen LogP contribution in [0.4, 0.5) is 14.5 Å². The summed E-state index contributed by atoms with van der Waals surface area (Å²) in [6.45, 7) is -2.51. The monoisotopic (exact) mass is 361 g/mol. The Morgan fingerprint density at radius 1 is 1.23 bits per heavy atom. The van der Waals surface area contributed by atoms with Crippen LogP contribution in [0.15, 0.2) is 48.5 Å². The van der Waals surface area contributed by atoms with Crippen LogP contribution in [0.5, 0.6) is 5.75 Å². The highest BCUT2D eigenvalue weighted by Crippen LogP contribution is 2.27. The lowest BCUT2D eigenvalue weighted by atomic mass is 9.87. The smallest absolute Gasteiger partial charge is 0.387 e. The van der Waals surface area contributed by atoms with Crippen molar-refractivity contribution in [2.75, 3.05) is 18.9 Å². The molecular weight excluding hydrogens is 338 g/mol. The molecule has 1 aliphatic rings. The molecule has 1 unspecified atom stereocenters. The standard InChI is InChI=1S/C20H22F2N2O2/c1-24(18-8-4-6-14-5-2-3-7-17(14)18)13-19(25)23-15-9-11-16(12-10-15)26-20(21)22/h2-3,5,7,9-12,18,20H,4,6,8,13H2,1H3,(H,23,25)/p+1/t18-/m1/s1. The summed E-state index contributed by atoms with van der Waals surface area (Å²) in [6.07, 6.45) is 3.29. The van der Waals surface area contributed by atoms with Crippen molar-refractivity contribution in [1.82, 2.24) is 0 Å². The number of halogens is 2. The maximum Gasteiger partial charge on any atom is 0.387 e. The molecule has 0 bridgehead atoms. The van der Waals surface area contributed by atoms with Gasteiger partial charge in [0, 0.05) is 17.7 Å². The number of fused-ring (bicyclic) bond motifs is 1. The van der Waals surface area contributed by atoms with E-state index in [1.807, 2.05) is 13.1 Å². The summed E-state index contributed by atoms with van der Waals surface area (Å²) in [7, 11) is 2.03. The first-order valence-electron chi connectivity index (χ1n) is 8.78. The average molecular weight is 361 g/mol. The second-order valence-electron chi connectivity index (χ2n) is 6.62. The fraction of sp³-hybridized carbons (Fsp3) is 0.350. The normalized spacial score (nSPS) is 17.5. The predicted molar refractivity (Wildman–Crippen MR) is 95.6 cm³/mol. The highest BCUT2D eigenvalue weighted by atomic mass is 19.3. The van der Waals surface area contributed by atoms with Gasteiger partial charge in [0.15, 0.2) is 6.54 Å². The van der Waals surface area contributed by atoms with Gasteiger partial charge in [-0.2, -0.15) is 8.78 Å². The van der Waals surface area contributed by atoms with Crippen LogP contribution in [0.2, 0.25) is 0 Å². The van der Waals surface area contributed by atoms with Crippen molar-refractivity contribution in [2.24, 2.45) is 0 Å². The van der Waals surface area contributed by atoms with Crippen molar-refractivity contribution in [2.45, 2.75) is 31.9 Å². The molecule has 0 saturated carbocycles. The molecule has 1 amide bonds. The molecule has 1 aliphatic carbocycles. The number of rotatable bonds is 6. The quantitative estimate of drug-likeness (QED) is 0.831. The number of alkyl halides is 2. The molecule has 0 heterocycles. The van der Waals surface area contributed by atoms with Crippen LogP contribution < -0.4 is 15.0 Å². The zero-order valence-electron chi connectivity index (χ0n) is 14.7. The zero-order valence-corrected chi connectivity index (χ0v) is 14.7. The summed E-state index contributed by atoms with van der Waals surface area (Å²) in [5, 5.41) is 2.81. The maximum atomic E-state index is 12.4. The van der Waals surface area contributed by atoms with E-state index in [0.717, 1.165) is 24.2 Å². The number of likely N-dealkylation sites (N-methyl/N-ethyl adjacent to an activating group) is 1. The van der Waals surface area contributed by atoms with E-state index in [2.05, 4.69) is 28.3 Å². The number of hydrogen-bond acceptors (Lipinski definition) is 2. The number of anilines is 1. The van der Waals surface area contributed by atoms with Gasteiger partial charge in [0.25, 0.3) is 5.91 Å². The van der Waals surface area contributed by atoms with E-state index in [9.17, 15) is 13.6 Å². The summed E-state index contributed by atoms with van der Waals surface area (Å²) in [6, 6.07) is 14.7. The number of aryl methyl sites for hydroxylation is 1. The number of quaternary nitrogens is 1. The highest BCUT2D eigenvalue weighted by molar-refractivity contribution is 5.91. The molecular formula is C20H23F2N2O2+. The minimum Gasteiger partial charge on any atom is -0.435 e. The summed E-state index contributed by atoms with van der Waals surface area (Å²) < 4.78 is 28.6. The molecule has 138 valence electrons. The Labute approximate surface area is 151 Å². The van der Waals surface area contributed by atoms with Gasteiger partial charge in [0.05, 0.1) is 7.05 Å². The number of hydrogen-bond donors (Lipinski definition) is 2. The van der Waals surface area contributed by atoms with E-state index < -0.39 is 6.61 Å². The Bertz CT molecular complexity index is 750. The van der Waals surface area contributed by atoms with Crippen molar-refractivity contribution >= 4 is 11.6 Å². The number of nitrogens with one attached hydrogen (secondary N) is 2. The lowest BCUT2D eigenvalue weighted by Crippen LogP contribution is -3.10. The van der Waals surface area contributed by atoms with Crippen LogP contribution >= 0.6 is 0 Å². The summed E-state index contributed by atoms with van der Waals surface area (Å²) in [5.74, 6) is -0.0346. The second kappa shape index (κ2) is 8.27. The molecule has 2 atom stereocenters. The molecule has 2 aromatic rings. The van der Waals surface area contributed by atoms with Gasteiger partial charge in [-0.05, 0) is 42.7 Å². The third-order valence-corrected chi connectivity index (χ3v) is 4.77. The number of ether oxygens (including phenoxy) is 1. The minimum atomic E-state index is -2.86. The largest absolute Gasteiger partial charge is 0.435 e. The van der Waals surface area contributed by atoms with Crippen LogP contribution in [0.1, 0.15) is 30.0 Å². The van der Waals surface area contributed by atoms with E-state index in [4.69, 9.17) is 0 Å². The van der Waals surface area contributed by atoms with E-state index in [1.54, 1.807) is 12.1 Å². The molecule has 0 aliphatic heterocycles. The Hall–Kier alpha value is -2.47. The Kier molecular flexibility index (Phi) is 5.83. The van der Waals surface area contributed by atoms with Gasteiger partial charge in [-0.25, -0.2) is 0 Å². The van der Waals surface area contributed by atoms with E-state index in [-0.39, 0.29) is 11.7 Å². The first-order chi connectivity index (χ1) is 12.5. The van der Waals surface area contributed by atoms with Gasteiger partial charge < -0.3 is 15.0 Å². The van der Waals surface area contributed by atoms with E-state index in [1.165, 1.54) is 23.3 Å². The van der Waals surface area contributed by atoms with Crippen molar-refractivity contribution < 1.29 is 23.2 Å². The van der Waals surface area contributed by atoms with Gasteiger partial charge in [0.2, 0.25) is 0 Å².